The zero-order valence-electron chi connectivity index (χ0n) is 14.8. The lowest BCUT2D eigenvalue weighted by molar-refractivity contribution is -0.129. The number of nitrogens with one attached hydrogen (secondary N) is 2. The number of fused-ring (bicyclic) bond motifs is 1. The molecule has 7 heteroatoms. The van der Waals surface area contributed by atoms with E-state index in [4.69, 9.17) is 0 Å². The second kappa shape index (κ2) is 7.68. The van der Waals surface area contributed by atoms with Crippen LogP contribution in [-0.4, -0.2) is 47.7 Å². The molecular formula is C19H23N3O4. The molecule has 1 aromatic carbocycles. The van der Waals surface area contributed by atoms with Gasteiger partial charge in [0.05, 0.1) is 11.1 Å². The van der Waals surface area contributed by atoms with E-state index in [9.17, 15) is 19.2 Å². The van der Waals surface area contributed by atoms with E-state index in [-0.39, 0.29) is 43.3 Å². The number of hydrogen-bond acceptors (Lipinski definition) is 4. The summed E-state index contributed by atoms with van der Waals surface area (Å²) in [7, 11) is 0. The fourth-order valence-electron chi connectivity index (χ4n) is 3.47. The lowest BCUT2D eigenvalue weighted by Gasteiger charge is -2.15. The Hall–Kier alpha value is -2.70. The van der Waals surface area contributed by atoms with Gasteiger partial charge in [-0.25, -0.2) is 0 Å². The predicted octanol–water partition coefficient (Wildman–Crippen LogP) is 1.16. The highest BCUT2D eigenvalue weighted by atomic mass is 16.2. The van der Waals surface area contributed by atoms with Gasteiger partial charge in [-0.05, 0) is 31.9 Å². The van der Waals surface area contributed by atoms with E-state index in [0.717, 1.165) is 36.1 Å². The van der Waals surface area contributed by atoms with Gasteiger partial charge in [0.25, 0.3) is 11.8 Å². The van der Waals surface area contributed by atoms with Crippen LogP contribution in [0.2, 0.25) is 0 Å². The summed E-state index contributed by atoms with van der Waals surface area (Å²) in [6, 6.07) is 5.31. The molecule has 3 rings (SSSR count). The Morgan fingerprint density at radius 3 is 2.50 bits per heavy atom. The molecule has 0 bridgehead atoms. The van der Waals surface area contributed by atoms with Gasteiger partial charge in [0, 0.05) is 19.1 Å². The topological polar surface area (TPSA) is 95.6 Å². The van der Waals surface area contributed by atoms with Gasteiger partial charge < -0.3 is 10.6 Å². The average Bonchev–Trinajstić information content (AvgIpc) is 3.17. The maximum absolute atomic E-state index is 12.3. The molecule has 1 aromatic rings. The number of aryl methyl sites for hydroxylation is 1. The molecule has 0 saturated heterocycles. The van der Waals surface area contributed by atoms with Gasteiger partial charge in [0.2, 0.25) is 11.8 Å². The van der Waals surface area contributed by atoms with Gasteiger partial charge in [-0.3, -0.25) is 24.1 Å². The van der Waals surface area contributed by atoms with Gasteiger partial charge in [0.15, 0.2) is 0 Å². The smallest absolute Gasteiger partial charge is 0.261 e. The number of rotatable bonds is 6. The van der Waals surface area contributed by atoms with Crippen molar-refractivity contribution in [1.82, 2.24) is 15.5 Å². The third kappa shape index (κ3) is 3.92. The molecule has 138 valence electrons. The van der Waals surface area contributed by atoms with Crippen molar-refractivity contribution in [3.05, 3.63) is 34.9 Å². The molecule has 0 aromatic heterocycles. The van der Waals surface area contributed by atoms with Crippen LogP contribution < -0.4 is 10.6 Å². The van der Waals surface area contributed by atoms with E-state index < -0.39 is 5.91 Å². The summed E-state index contributed by atoms with van der Waals surface area (Å²) in [5, 5.41) is 5.45. The van der Waals surface area contributed by atoms with Crippen molar-refractivity contribution >= 4 is 23.6 Å². The molecule has 2 N–H and O–H groups in total. The third-order valence-electron chi connectivity index (χ3n) is 4.83. The van der Waals surface area contributed by atoms with Crippen LogP contribution in [0.1, 0.15) is 58.4 Å². The third-order valence-corrected chi connectivity index (χ3v) is 4.83. The summed E-state index contributed by atoms with van der Waals surface area (Å²) in [4.78, 5) is 49.4. The molecule has 1 aliphatic carbocycles. The summed E-state index contributed by atoms with van der Waals surface area (Å²) in [5.41, 5.74) is 1.70. The van der Waals surface area contributed by atoms with Crippen LogP contribution >= 0.6 is 0 Å². The van der Waals surface area contributed by atoms with Crippen LogP contribution in [0.5, 0.6) is 0 Å². The summed E-state index contributed by atoms with van der Waals surface area (Å²) in [6.07, 6.45) is 3.91. The van der Waals surface area contributed by atoms with Crippen molar-refractivity contribution in [3.63, 3.8) is 0 Å². The van der Waals surface area contributed by atoms with Crippen molar-refractivity contribution in [2.75, 3.05) is 13.1 Å². The summed E-state index contributed by atoms with van der Waals surface area (Å²) < 4.78 is 0. The zero-order valence-corrected chi connectivity index (χ0v) is 14.8. The van der Waals surface area contributed by atoms with Crippen LogP contribution in [-0.2, 0) is 9.59 Å². The molecule has 1 heterocycles. The maximum Gasteiger partial charge on any atom is 0.261 e. The van der Waals surface area contributed by atoms with Crippen molar-refractivity contribution in [2.24, 2.45) is 0 Å². The van der Waals surface area contributed by atoms with Crippen LogP contribution in [0.4, 0.5) is 0 Å². The highest BCUT2D eigenvalue weighted by Crippen LogP contribution is 2.23. The van der Waals surface area contributed by atoms with E-state index >= 15 is 0 Å². The highest BCUT2D eigenvalue weighted by molar-refractivity contribution is 6.21. The minimum atomic E-state index is -0.409. The number of carbonyl (C=O) groups excluding carboxylic acids is 4. The summed E-state index contributed by atoms with van der Waals surface area (Å²) in [5.74, 6) is -1.39. The number of benzene rings is 1. The monoisotopic (exact) mass is 357 g/mol. The first-order valence-corrected chi connectivity index (χ1v) is 8.98. The molecular weight excluding hydrogens is 334 g/mol. The maximum atomic E-state index is 12.3. The summed E-state index contributed by atoms with van der Waals surface area (Å²) in [6.45, 7) is 2.07. The van der Waals surface area contributed by atoms with Gasteiger partial charge in [0.1, 0.15) is 6.42 Å². The van der Waals surface area contributed by atoms with Gasteiger partial charge in [-0.15, -0.1) is 0 Å². The fourth-order valence-corrected chi connectivity index (χ4v) is 3.47. The van der Waals surface area contributed by atoms with Gasteiger partial charge >= 0.3 is 0 Å². The minimum absolute atomic E-state index is 0.0847. The van der Waals surface area contributed by atoms with E-state index in [1.54, 1.807) is 18.2 Å². The Morgan fingerprint density at radius 2 is 1.77 bits per heavy atom. The molecule has 26 heavy (non-hydrogen) atoms. The largest absolute Gasteiger partial charge is 0.354 e. The van der Waals surface area contributed by atoms with Crippen molar-refractivity contribution in [3.8, 4) is 0 Å². The first-order valence-electron chi connectivity index (χ1n) is 8.98. The first-order chi connectivity index (χ1) is 12.5. The standard InChI is InChI=1S/C19H23N3O4/c1-12-6-7-14-15(10-12)19(26)22(18(14)25)9-8-20-16(23)11-17(24)21-13-4-2-3-5-13/h6-7,10,13H,2-5,8-9,11H2,1H3,(H,20,23)(H,21,24). The Morgan fingerprint density at radius 1 is 1.08 bits per heavy atom. The molecule has 0 spiro atoms. The lowest BCUT2D eigenvalue weighted by Crippen LogP contribution is -2.40. The Kier molecular flexibility index (Phi) is 5.35. The molecule has 7 nitrogen and oxygen atoms in total. The molecule has 1 aliphatic heterocycles. The second-order valence-corrected chi connectivity index (χ2v) is 6.89. The second-order valence-electron chi connectivity index (χ2n) is 6.89. The number of nitrogens with zero attached hydrogens (tertiary/aromatic N) is 1. The Labute approximate surface area is 152 Å². The SMILES string of the molecule is Cc1ccc2c(c1)C(=O)N(CCNC(=O)CC(=O)NC1CCCC1)C2=O. The summed E-state index contributed by atoms with van der Waals surface area (Å²) >= 11 is 0. The Balaban J connectivity index is 1.44. The predicted molar refractivity (Wildman–Crippen MR) is 94.6 cm³/mol. The van der Waals surface area contributed by atoms with E-state index in [1.807, 2.05) is 6.92 Å². The Bertz CT molecular complexity index is 753. The van der Waals surface area contributed by atoms with Crippen molar-refractivity contribution in [2.45, 2.75) is 45.1 Å². The lowest BCUT2D eigenvalue weighted by atomic mass is 10.1. The van der Waals surface area contributed by atoms with Crippen LogP contribution in [0.3, 0.4) is 0 Å². The number of hydrogen-bond donors (Lipinski definition) is 2. The average molecular weight is 357 g/mol. The van der Waals surface area contributed by atoms with Gasteiger partial charge in [-0.2, -0.15) is 0 Å². The normalized spacial score (nSPS) is 16.7. The van der Waals surface area contributed by atoms with Crippen LogP contribution in [0.25, 0.3) is 0 Å². The van der Waals surface area contributed by atoms with Gasteiger partial charge in [-0.1, -0.05) is 24.5 Å². The minimum Gasteiger partial charge on any atom is -0.354 e. The molecule has 2 aliphatic rings. The fraction of sp³-hybridized carbons (Fsp3) is 0.474. The van der Waals surface area contributed by atoms with Crippen LogP contribution in [0, 0.1) is 6.92 Å². The molecule has 0 radical (unpaired) electrons. The van der Waals surface area contributed by atoms with Crippen molar-refractivity contribution < 1.29 is 19.2 Å². The van der Waals surface area contributed by atoms with E-state index in [0.29, 0.717) is 11.1 Å². The van der Waals surface area contributed by atoms with E-state index in [1.165, 1.54) is 0 Å². The molecule has 1 fully saturated rings. The van der Waals surface area contributed by atoms with Crippen molar-refractivity contribution in [1.29, 1.82) is 0 Å². The van der Waals surface area contributed by atoms with Crippen LogP contribution in [0.15, 0.2) is 18.2 Å². The first kappa shape index (κ1) is 18.1. The molecule has 1 saturated carbocycles. The number of carbonyl (C=O) groups is 4. The zero-order chi connectivity index (χ0) is 18.7. The molecule has 4 amide bonds. The highest BCUT2D eigenvalue weighted by Gasteiger charge is 2.35. The number of amides is 4. The molecule has 0 unspecified atom stereocenters. The van der Waals surface area contributed by atoms with E-state index in [2.05, 4.69) is 10.6 Å². The number of imide groups is 1. The quantitative estimate of drug-likeness (QED) is 0.590. The molecule has 0 atom stereocenters.